The molecular formula is C12H18O2. The molecule has 2 nitrogen and oxygen atoms in total. The second kappa shape index (κ2) is 8.30. The van der Waals surface area contributed by atoms with E-state index in [0.29, 0.717) is 6.47 Å². The van der Waals surface area contributed by atoms with Crippen LogP contribution < -0.4 is 0 Å². The average molecular weight is 194 g/mol. The zero-order valence-electron chi connectivity index (χ0n) is 9.07. The van der Waals surface area contributed by atoms with E-state index in [1.165, 1.54) is 19.1 Å². The monoisotopic (exact) mass is 194 g/mol. The Hall–Kier alpha value is -1.31. The van der Waals surface area contributed by atoms with Crippen LogP contribution >= 0.6 is 0 Å². The van der Waals surface area contributed by atoms with Crippen LogP contribution in [0.1, 0.15) is 19.4 Å². The van der Waals surface area contributed by atoms with Gasteiger partial charge in [0.2, 0.25) is 0 Å². The fraction of sp³-hybridized carbons (Fsp3) is 0.417. The highest BCUT2D eigenvalue weighted by Gasteiger charge is 1.94. The summed E-state index contributed by atoms with van der Waals surface area (Å²) >= 11 is 0. The van der Waals surface area contributed by atoms with Crippen LogP contribution in [0.4, 0.5) is 0 Å². The largest absolute Gasteiger partial charge is 0.471 e. The Morgan fingerprint density at radius 3 is 2.14 bits per heavy atom. The molecule has 0 fully saturated rings. The number of ether oxygens (including phenoxy) is 1. The van der Waals surface area contributed by atoms with Crippen molar-refractivity contribution in [1.29, 1.82) is 0 Å². The summed E-state index contributed by atoms with van der Waals surface area (Å²) in [6.45, 7) is 4.86. The van der Waals surface area contributed by atoms with Crippen LogP contribution in [0, 0.1) is 5.92 Å². The summed E-state index contributed by atoms with van der Waals surface area (Å²) < 4.78 is 3.86. The summed E-state index contributed by atoms with van der Waals surface area (Å²) in [5.74, 6) is 0.766. The SMILES string of the molecule is CC(C)Cc1ccccc1.COC=O. The van der Waals surface area contributed by atoms with Gasteiger partial charge < -0.3 is 4.74 Å². The second-order valence-electron chi connectivity index (χ2n) is 3.42. The first-order valence-corrected chi connectivity index (χ1v) is 4.71. The van der Waals surface area contributed by atoms with Gasteiger partial charge in [0.1, 0.15) is 0 Å². The van der Waals surface area contributed by atoms with Gasteiger partial charge in [-0.2, -0.15) is 0 Å². The Morgan fingerprint density at radius 1 is 1.29 bits per heavy atom. The highest BCUT2D eigenvalue weighted by atomic mass is 16.5. The van der Waals surface area contributed by atoms with E-state index in [1.807, 2.05) is 0 Å². The van der Waals surface area contributed by atoms with Crippen molar-refractivity contribution in [3.8, 4) is 0 Å². The summed E-state index contributed by atoms with van der Waals surface area (Å²) in [5.41, 5.74) is 1.44. The third-order valence-corrected chi connectivity index (χ3v) is 1.58. The number of hydrogen-bond acceptors (Lipinski definition) is 2. The topological polar surface area (TPSA) is 26.3 Å². The maximum absolute atomic E-state index is 8.95. The first kappa shape index (κ1) is 12.7. The van der Waals surface area contributed by atoms with Gasteiger partial charge in [-0.05, 0) is 17.9 Å². The summed E-state index contributed by atoms with van der Waals surface area (Å²) in [6, 6.07) is 10.6. The van der Waals surface area contributed by atoms with Gasteiger partial charge in [-0.25, -0.2) is 0 Å². The number of methoxy groups -OCH3 is 1. The maximum atomic E-state index is 8.95. The van der Waals surface area contributed by atoms with Gasteiger partial charge in [-0.1, -0.05) is 44.2 Å². The lowest BCUT2D eigenvalue weighted by atomic mass is 10.0. The van der Waals surface area contributed by atoms with Crippen molar-refractivity contribution in [2.45, 2.75) is 20.3 Å². The van der Waals surface area contributed by atoms with Gasteiger partial charge in [-0.3, -0.25) is 4.79 Å². The maximum Gasteiger partial charge on any atom is 0.292 e. The predicted octanol–water partition coefficient (Wildman–Crippen LogP) is 2.67. The molecule has 0 N–H and O–H groups in total. The molecule has 0 amide bonds. The lowest BCUT2D eigenvalue weighted by Crippen LogP contribution is -1.92. The molecule has 1 aromatic rings. The predicted molar refractivity (Wildman–Crippen MR) is 58.1 cm³/mol. The minimum atomic E-state index is 0.375. The minimum absolute atomic E-state index is 0.375. The summed E-state index contributed by atoms with van der Waals surface area (Å²) in [5, 5.41) is 0. The van der Waals surface area contributed by atoms with E-state index in [9.17, 15) is 0 Å². The second-order valence-corrected chi connectivity index (χ2v) is 3.42. The van der Waals surface area contributed by atoms with Crippen molar-refractivity contribution in [1.82, 2.24) is 0 Å². The normalized spacial score (nSPS) is 8.86. The molecule has 0 unspecified atom stereocenters. The highest BCUT2D eigenvalue weighted by Crippen LogP contribution is 2.05. The Kier molecular flexibility index (Phi) is 7.52. The fourth-order valence-corrected chi connectivity index (χ4v) is 1.09. The van der Waals surface area contributed by atoms with E-state index in [2.05, 4.69) is 48.9 Å². The zero-order valence-corrected chi connectivity index (χ0v) is 9.07. The Balaban J connectivity index is 0.000000364. The molecule has 0 atom stereocenters. The van der Waals surface area contributed by atoms with Crippen molar-refractivity contribution in [2.24, 2.45) is 5.92 Å². The van der Waals surface area contributed by atoms with Gasteiger partial charge >= 0.3 is 0 Å². The standard InChI is InChI=1S/C10H14.C2H4O2/c1-9(2)8-10-6-4-3-5-7-10;1-4-2-3/h3-7,9H,8H2,1-2H3;2H,1H3. The van der Waals surface area contributed by atoms with Crippen molar-refractivity contribution < 1.29 is 9.53 Å². The lowest BCUT2D eigenvalue weighted by molar-refractivity contribution is -0.126. The van der Waals surface area contributed by atoms with Crippen molar-refractivity contribution >= 4 is 6.47 Å². The molecular weight excluding hydrogens is 176 g/mol. The molecule has 0 heterocycles. The molecule has 0 aliphatic heterocycles. The Morgan fingerprint density at radius 2 is 1.79 bits per heavy atom. The van der Waals surface area contributed by atoms with Crippen molar-refractivity contribution in [3.05, 3.63) is 35.9 Å². The van der Waals surface area contributed by atoms with Crippen LogP contribution in [-0.2, 0) is 16.0 Å². The van der Waals surface area contributed by atoms with Crippen LogP contribution in [-0.4, -0.2) is 13.6 Å². The molecule has 14 heavy (non-hydrogen) atoms. The van der Waals surface area contributed by atoms with Gasteiger partial charge in [0.15, 0.2) is 0 Å². The van der Waals surface area contributed by atoms with Crippen LogP contribution in [0.15, 0.2) is 30.3 Å². The summed E-state index contributed by atoms with van der Waals surface area (Å²) in [6.07, 6.45) is 1.20. The molecule has 0 saturated heterocycles. The number of benzene rings is 1. The van der Waals surface area contributed by atoms with Gasteiger partial charge in [0.05, 0.1) is 7.11 Å². The summed E-state index contributed by atoms with van der Waals surface area (Å²) in [4.78, 5) is 8.95. The molecule has 0 aliphatic carbocycles. The molecule has 0 saturated carbocycles. The van der Waals surface area contributed by atoms with E-state index in [-0.39, 0.29) is 0 Å². The van der Waals surface area contributed by atoms with E-state index >= 15 is 0 Å². The Bertz CT molecular complexity index is 229. The molecule has 78 valence electrons. The van der Waals surface area contributed by atoms with Crippen molar-refractivity contribution in [2.75, 3.05) is 7.11 Å². The number of hydrogen-bond donors (Lipinski definition) is 0. The van der Waals surface area contributed by atoms with Gasteiger partial charge in [0.25, 0.3) is 6.47 Å². The molecule has 0 aliphatic rings. The van der Waals surface area contributed by atoms with E-state index in [4.69, 9.17) is 4.79 Å². The van der Waals surface area contributed by atoms with E-state index in [1.54, 1.807) is 0 Å². The minimum Gasteiger partial charge on any atom is -0.471 e. The lowest BCUT2D eigenvalue weighted by Gasteiger charge is -2.02. The first-order valence-electron chi connectivity index (χ1n) is 4.71. The third-order valence-electron chi connectivity index (χ3n) is 1.58. The number of rotatable bonds is 3. The number of carbonyl (C=O) groups excluding carboxylic acids is 1. The van der Waals surface area contributed by atoms with Gasteiger partial charge in [0, 0.05) is 0 Å². The van der Waals surface area contributed by atoms with Crippen LogP contribution in [0.5, 0.6) is 0 Å². The number of carbonyl (C=O) groups is 1. The molecule has 0 aromatic heterocycles. The molecule has 0 spiro atoms. The summed E-state index contributed by atoms with van der Waals surface area (Å²) in [7, 11) is 1.31. The molecule has 2 heteroatoms. The quantitative estimate of drug-likeness (QED) is 0.691. The van der Waals surface area contributed by atoms with Crippen molar-refractivity contribution in [3.63, 3.8) is 0 Å². The van der Waals surface area contributed by atoms with E-state index in [0.717, 1.165) is 5.92 Å². The zero-order chi connectivity index (χ0) is 10.8. The highest BCUT2D eigenvalue weighted by molar-refractivity contribution is 5.36. The smallest absolute Gasteiger partial charge is 0.292 e. The Labute approximate surface area is 85.9 Å². The first-order chi connectivity index (χ1) is 6.70. The van der Waals surface area contributed by atoms with Gasteiger partial charge in [-0.15, -0.1) is 0 Å². The average Bonchev–Trinajstić information content (AvgIpc) is 2.19. The van der Waals surface area contributed by atoms with Crippen LogP contribution in [0.3, 0.4) is 0 Å². The fourth-order valence-electron chi connectivity index (χ4n) is 1.09. The molecule has 0 bridgehead atoms. The molecule has 1 aromatic carbocycles. The third kappa shape index (κ3) is 7.35. The van der Waals surface area contributed by atoms with Crippen LogP contribution in [0.2, 0.25) is 0 Å². The molecule has 0 radical (unpaired) electrons. The van der Waals surface area contributed by atoms with E-state index < -0.39 is 0 Å². The van der Waals surface area contributed by atoms with Crippen LogP contribution in [0.25, 0.3) is 0 Å². The molecule has 1 rings (SSSR count).